The zero-order valence-corrected chi connectivity index (χ0v) is 48.3. The Morgan fingerprint density at radius 3 is 1.15 bits per heavy atom. The number of phenolic OH excluding ortho intramolecular Hbond substituents is 1. The Balaban J connectivity index is 0.000000211. The molecular formula is C57H53F10N9O11S2. The number of aromatic carboxylic acids is 1. The van der Waals surface area contributed by atoms with Crippen molar-refractivity contribution in [3.63, 3.8) is 0 Å². The molecule has 2 aliphatic heterocycles. The van der Waals surface area contributed by atoms with Crippen molar-refractivity contribution in [2.45, 2.75) is 124 Å². The smallest absolute Gasteiger partial charge is 0.339 e. The Kier molecular flexibility index (Phi) is 19.3. The Hall–Kier alpha value is -8.36. The van der Waals surface area contributed by atoms with E-state index in [-0.39, 0.29) is 66.1 Å². The summed E-state index contributed by atoms with van der Waals surface area (Å²) < 4.78 is 194. The lowest BCUT2D eigenvalue weighted by Crippen LogP contribution is -2.59. The van der Waals surface area contributed by atoms with Gasteiger partial charge in [-0.05, 0) is 62.8 Å². The largest absolute Gasteiger partial charge is 0.507 e. The van der Waals surface area contributed by atoms with Crippen LogP contribution in [0.5, 0.6) is 11.5 Å². The van der Waals surface area contributed by atoms with Crippen molar-refractivity contribution < 1.29 is 95.2 Å². The molecule has 3 amide bonds. The van der Waals surface area contributed by atoms with Crippen LogP contribution in [0.4, 0.5) is 55.3 Å². The van der Waals surface area contributed by atoms with E-state index in [4.69, 9.17) is 0 Å². The summed E-state index contributed by atoms with van der Waals surface area (Å²) in [5.74, 6) is -29.9. The summed E-state index contributed by atoms with van der Waals surface area (Å²) in [7, 11) is -9.47. The number of sulfonamides is 2. The normalized spacial score (nSPS) is 17.6. The molecular weight excluding hydrogens is 1240 g/mol. The molecule has 0 bridgehead atoms. The fourth-order valence-electron chi connectivity index (χ4n) is 10.9. The molecule has 2 saturated carbocycles. The average Bonchev–Trinajstić information content (AvgIpc) is 0.915. The first kappa shape index (κ1) is 65.1. The lowest BCUT2D eigenvalue weighted by atomic mass is 9.87. The number of carboxylic acids is 1. The van der Waals surface area contributed by atoms with Gasteiger partial charge in [0.1, 0.15) is 29.1 Å². The summed E-state index contributed by atoms with van der Waals surface area (Å²) in [6, 6.07) is 3.51. The number of hydrogen-bond acceptors (Lipinski definition) is 14. The second kappa shape index (κ2) is 26.4. The molecule has 32 heteroatoms. The maximum Gasteiger partial charge on any atom is 0.339 e. The number of amides is 3. The fraction of sp³-hybridized carbons (Fsp3) is 0.368. The van der Waals surface area contributed by atoms with Crippen molar-refractivity contribution in [1.29, 1.82) is 0 Å². The van der Waals surface area contributed by atoms with Crippen molar-refractivity contribution in [2.24, 2.45) is 0 Å². The van der Waals surface area contributed by atoms with Crippen LogP contribution in [0.2, 0.25) is 0 Å². The van der Waals surface area contributed by atoms with Gasteiger partial charge in [-0.25, -0.2) is 65.5 Å². The maximum absolute atomic E-state index is 14.5. The second-order valence-electron chi connectivity index (χ2n) is 21.3. The summed E-state index contributed by atoms with van der Waals surface area (Å²) in [5, 5.41) is 32.4. The predicted molar refractivity (Wildman–Crippen MR) is 292 cm³/mol. The highest BCUT2D eigenvalue weighted by molar-refractivity contribution is 7.89. The van der Waals surface area contributed by atoms with Gasteiger partial charge in [-0.1, -0.05) is 38.5 Å². The summed E-state index contributed by atoms with van der Waals surface area (Å²) >= 11 is 0. The van der Waals surface area contributed by atoms with Crippen LogP contribution in [0.15, 0.2) is 71.0 Å². The molecule has 4 aliphatic rings. The van der Waals surface area contributed by atoms with Crippen molar-refractivity contribution in [1.82, 2.24) is 33.9 Å². The number of aromatic nitrogens is 4. The Morgan fingerprint density at radius 2 is 0.854 bits per heavy atom. The average molecular weight is 1290 g/mol. The number of nitrogens with zero attached hydrogens (tertiary/aromatic N) is 8. The molecule has 6 aromatic rings. The quantitative estimate of drug-likeness (QED) is 0.0400. The van der Waals surface area contributed by atoms with Gasteiger partial charge in [-0.3, -0.25) is 34.3 Å². The molecule has 474 valence electrons. The summed E-state index contributed by atoms with van der Waals surface area (Å²) in [6.45, 7) is -1.59. The van der Waals surface area contributed by atoms with Crippen LogP contribution in [0, 0.1) is 58.2 Å². The minimum atomic E-state index is -5.42. The zero-order valence-electron chi connectivity index (χ0n) is 46.7. The molecule has 0 spiro atoms. The molecule has 89 heavy (non-hydrogen) atoms. The molecule has 0 unspecified atom stereocenters. The number of benzene rings is 4. The van der Waals surface area contributed by atoms with Gasteiger partial charge in [0, 0.05) is 67.9 Å². The first-order valence-electron chi connectivity index (χ1n) is 27.6. The van der Waals surface area contributed by atoms with Crippen LogP contribution < -0.4 is 15.1 Å². The van der Waals surface area contributed by atoms with Gasteiger partial charge >= 0.3 is 5.97 Å². The monoisotopic (exact) mass is 1290 g/mol. The Morgan fingerprint density at radius 1 is 0.506 bits per heavy atom. The molecule has 4 aromatic carbocycles. The lowest BCUT2D eigenvalue weighted by Gasteiger charge is -2.41. The van der Waals surface area contributed by atoms with E-state index in [9.17, 15) is 95.2 Å². The SMILES string of the molecule is CNC(=O)c1ccc(N(Cc2cnc(C3CCCCC3)cn2)C(=O)[C@H]2CCN2S(=O)(=O)c2c(F)c(F)c(F)c(F)c2F)cc1O.O=C(O)c1ccc(N(Cc2cnc(C3CCCCC3)cn2)C(=O)[C@H]2CCN2S(=O)(=O)c2c(F)c(F)c(F)c(F)c2F)cc1O. The standard InChI is InChI=1S/C29H28F5N5O5S.C28H25F5N4O6S/c1-35-28(41)18-8-7-17(11-21(18)40)38(14-16-12-37-19(13-36-16)15-5-3-2-4-6-15)29(42)20-9-10-39(20)45(43,44)27-25(33)23(31)22(30)24(32)26(27)34;29-21-22(30)24(32)26(25(33)23(21)31)44(42,43)37-9-8-19(37)27(39)36(16-6-7-17(28(40)41)20(38)10-16)13-15-11-35-18(12-34-15)14-4-2-1-3-5-14/h7-8,11-13,15,20,40H,2-6,9-10,14H2,1H3,(H,35,41);6-7,10-12,14,19,38H,1-5,8-9,13H2,(H,40,41)/t20-;19-/m11/s1. The molecule has 4 heterocycles. The van der Waals surface area contributed by atoms with Crippen LogP contribution in [-0.2, 0) is 42.7 Å². The summed E-state index contributed by atoms with van der Waals surface area (Å²) in [5.41, 5.74) is 1.35. The molecule has 2 atom stereocenters. The second-order valence-corrected chi connectivity index (χ2v) is 25.0. The lowest BCUT2D eigenvalue weighted by molar-refractivity contribution is -0.125. The van der Waals surface area contributed by atoms with Crippen LogP contribution in [0.3, 0.4) is 0 Å². The summed E-state index contributed by atoms with van der Waals surface area (Å²) in [6.07, 6.45) is 16.0. The molecule has 10 rings (SSSR count). The third-order valence-corrected chi connectivity index (χ3v) is 19.8. The zero-order chi connectivity index (χ0) is 64.6. The number of anilines is 2. The predicted octanol–water partition coefficient (Wildman–Crippen LogP) is 8.90. The number of carbonyl (C=O) groups excluding carboxylic acids is 3. The highest BCUT2D eigenvalue weighted by Gasteiger charge is 2.50. The van der Waals surface area contributed by atoms with Gasteiger partial charge in [0.05, 0.1) is 53.8 Å². The van der Waals surface area contributed by atoms with Crippen LogP contribution >= 0.6 is 0 Å². The maximum atomic E-state index is 14.5. The van der Waals surface area contributed by atoms with E-state index in [1.807, 2.05) is 0 Å². The molecule has 20 nitrogen and oxygen atoms in total. The van der Waals surface area contributed by atoms with Gasteiger partial charge < -0.3 is 30.4 Å². The fourth-order valence-corrected chi connectivity index (χ4v) is 14.4. The molecule has 2 aliphatic carbocycles. The number of carbonyl (C=O) groups is 4. The van der Waals surface area contributed by atoms with Crippen LogP contribution in [0.1, 0.15) is 132 Å². The minimum absolute atomic E-state index is 0.00351. The van der Waals surface area contributed by atoms with E-state index in [2.05, 4.69) is 25.3 Å². The van der Waals surface area contributed by atoms with E-state index in [1.165, 1.54) is 37.6 Å². The number of phenols is 2. The van der Waals surface area contributed by atoms with Gasteiger partial charge in [-0.2, -0.15) is 8.61 Å². The van der Waals surface area contributed by atoms with E-state index >= 15 is 0 Å². The number of halogens is 10. The van der Waals surface area contributed by atoms with Gasteiger partial charge in [0.25, 0.3) is 5.91 Å². The number of carboxylic acid groups (broad SMARTS) is 1. The van der Waals surface area contributed by atoms with Gasteiger partial charge in [0.2, 0.25) is 43.5 Å². The third kappa shape index (κ3) is 12.8. The Labute approximate surface area is 500 Å². The third-order valence-electron chi connectivity index (χ3n) is 15.9. The first-order valence-corrected chi connectivity index (χ1v) is 30.5. The van der Waals surface area contributed by atoms with E-state index < -0.39 is 154 Å². The van der Waals surface area contributed by atoms with Crippen molar-refractivity contribution in [3.05, 3.63) is 153 Å². The summed E-state index contributed by atoms with van der Waals surface area (Å²) in [4.78, 5) is 66.8. The van der Waals surface area contributed by atoms with Crippen molar-refractivity contribution >= 4 is 55.1 Å². The molecule has 2 saturated heterocycles. The highest BCUT2D eigenvalue weighted by Crippen LogP contribution is 2.39. The van der Waals surface area contributed by atoms with Crippen LogP contribution in [0.25, 0.3) is 0 Å². The van der Waals surface area contributed by atoms with Gasteiger partial charge in [0.15, 0.2) is 56.3 Å². The first-order chi connectivity index (χ1) is 42.2. The topological polar surface area (TPSA) is 274 Å². The Bertz CT molecular complexity index is 3940. The van der Waals surface area contributed by atoms with E-state index in [0.29, 0.717) is 8.61 Å². The van der Waals surface area contributed by atoms with E-state index in [1.54, 1.807) is 12.4 Å². The number of rotatable bonds is 16. The molecule has 2 aromatic heterocycles. The molecule has 4 fully saturated rings. The minimum Gasteiger partial charge on any atom is -0.507 e. The van der Waals surface area contributed by atoms with Crippen LogP contribution in [-0.4, -0.2) is 117 Å². The number of nitrogens with one attached hydrogen (secondary N) is 1. The van der Waals surface area contributed by atoms with Crippen molar-refractivity contribution in [2.75, 3.05) is 29.9 Å². The molecule has 0 radical (unpaired) electrons. The number of aromatic hydroxyl groups is 2. The van der Waals surface area contributed by atoms with Gasteiger partial charge in [-0.15, -0.1) is 0 Å². The van der Waals surface area contributed by atoms with E-state index in [0.717, 1.165) is 104 Å². The highest BCUT2D eigenvalue weighted by atomic mass is 32.2. The number of hydrogen-bond donors (Lipinski definition) is 4. The molecule has 4 N–H and O–H groups in total. The van der Waals surface area contributed by atoms with Crippen molar-refractivity contribution in [3.8, 4) is 11.5 Å².